The molecule has 0 radical (unpaired) electrons. The average molecular weight is 484 g/mol. The Kier molecular flexibility index (Phi) is 6.75. The van der Waals surface area contributed by atoms with Gasteiger partial charge in [0.15, 0.2) is 11.0 Å². The molecule has 1 saturated heterocycles. The molecule has 172 valence electrons. The minimum atomic E-state index is -0.198. The SMILES string of the molecule is O=C(CSc1nnc(-c2cccs2)n1CC1CCCO1)Nc1ccccc1C(=O)NC1CC1. The van der Waals surface area contributed by atoms with Crippen molar-refractivity contribution in [1.82, 2.24) is 20.1 Å². The van der Waals surface area contributed by atoms with Gasteiger partial charge in [0.1, 0.15) is 0 Å². The van der Waals surface area contributed by atoms with E-state index < -0.39 is 0 Å². The van der Waals surface area contributed by atoms with E-state index in [2.05, 4.69) is 25.4 Å². The summed E-state index contributed by atoms with van der Waals surface area (Å²) >= 11 is 2.95. The molecule has 1 aromatic carbocycles. The topological polar surface area (TPSA) is 98.1 Å². The number of ether oxygens (including phenoxy) is 1. The van der Waals surface area contributed by atoms with Crippen molar-refractivity contribution in [3.05, 3.63) is 47.3 Å². The molecule has 10 heteroatoms. The molecule has 0 spiro atoms. The molecule has 0 bridgehead atoms. The lowest BCUT2D eigenvalue weighted by Gasteiger charge is -2.14. The fraction of sp³-hybridized carbons (Fsp3) is 0.391. The summed E-state index contributed by atoms with van der Waals surface area (Å²) in [5.74, 6) is 0.603. The maximum Gasteiger partial charge on any atom is 0.253 e. The highest BCUT2D eigenvalue weighted by molar-refractivity contribution is 7.99. The molecule has 3 heterocycles. The molecular weight excluding hydrogens is 458 g/mol. The third-order valence-electron chi connectivity index (χ3n) is 5.56. The van der Waals surface area contributed by atoms with E-state index in [0.29, 0.717) is 23.0 Å². The van der Waals surface area contributed by atoms with Crippen LogP contribution in [0.4, 0.5) is 5.69 Å². The number of carbonyl (C=O) groups is 2. The van der Waals surface area contributed by atoms with Crippen LogP contribution in [0.5, 0.6) is 0 Å². The zero-order valence-corrected chi connectivity index (χ0v) is 19.7. The number of aromatic nitrogens is 3. The monoisotopic (exact) mass is 483 g/mol. The maximum atomic E-state index is 12.7. The highest BCUT2D eigenvalue weighted by atomic mass is 32.2. The van der Waals surface area contributed by atoms with Crippen LogP contribution in [-0.4, -0.2) is 51.1 Å². The first-order valence-corrected chi connectivity index (χ1v) is 12.9. The average Bonchev–Trinajstić information content (AvgIpc) is 3.22. The van der Waals surface area contributed by atoms with E-state index in [0.717, 1.165) is 43.0 Å². The molecular formula is C23H25N5O3S2. The molecule has 8 nitrogen and oxygen atoms in total. The summed E-state index contributed by atoms with van der Waals surface area (Å²) in [7, 11) is 0. The maximum absolute atomic E-state index is 12.7. The molecule has 1 saturated carbocycles. The predicted molar refractivity (Wildman–Crippen MR) is 129 cm³/mol. The minimum absolute atomic E-state index is 0.129. The lowest BCUT2D eigenvalue weighted by Crippen LogP contribution is -2.27. The van der Waals surface area contributed by atoms with Gasteiger partial charge in [-0.15, -0.1) is 21.5 Å². The first-order valence-electron chi connectivity index (χ1n) is 11.1. The fourth-order valence-corrected chi connectivity index (χ4v) is 5.20. The van der Waals surface area contributed by atoms with Crippen molar-refractivity contribution in [2.75, 3.05) is 17.7 Å². The van der Waals surface area contributed by atoms with Crippen molar-refractivity contribution in [2.45, 2.75) is 49.5 Å². The van der Waals surface area contributed by atoms with Crippen molar-refractivity contribution in [2.24, 2.45) is 0 Å². The van der Waals surface area contributed by atoms with Crippen LogP contribution in [0.25, 0.3) is 10.7 Å². The normalized spacial score (nSPS) is 17.8. The minimum Gasteiger partial charge on any atom is -0.376 e. The van der Waals surface area contributed by atoms with Crippen LogP contribution in [0.15, 0.2) is 46.9 Å². The van der Waals surface area contributed by atoms with Gasteiger partial charge in [0, 0.05) is 12.6 Å². The summed E-state index contributed by atoms with van der Waals surface area (Å²) in [5, 5.41) is 17.3. The summed E-state index contributed by atoms with van der Waals surface area (Å²) in [6, 6.07) is 11.3. The van der Waals surface area contributed by atoms with Crippen LogP contribution in [0.3, 0.4) is 0 Å². The fourth-order valence-electron chi connectivity index (χ4n) is 3.74. The third kappa shape index (κ3) is 5.45. The lowest BCUT2D eigenvalue weighted by atomic mass is 10.1. The molecule has 33 heavy (non-hydrogen) atoms. The van der Waals surface area contributed by atoms with Crippen LogP contribution in [0, 0.1) is 0 Å². The Morgan fingerprint density at radius 2 is 2.03 bits per heavy atom. The second-order valence-corrected chi connectivity index (χ2v) is 10.0. The number of hydrogen-bond donors (Lipinski definition) is 2. The highest BCUT2D eigenvalue weighted by Gasteiger charge is 2.25. The number of thioether (sulfide) groups is 1. The van der Waals surface area contributed by atoms with Gasteiger partial charge in [0.2, 0.25) is 5.91 Å². The first kappa shape index (κ1) is 22.1. The van der Waals surface area contributed by atoms with Crippen molar-refractivity contribution in [3.8, 4) is 10.7 Å². The van der Waals surface area contributed by atoms with Gasteiger partial charge in [-0.2, -0.15) is 0 Å². The highest BCUT2D eigenvalue weighted by Crippen LogP contribution is 2.29. The summed E-state index contributed by atoms with van der Waals surface area (Å²) in [4.78, 5) is 26.3. The Bertz CT molecular complexity index is 1120. The van der Waals surface area contributed by atoms with E-state index in [1.807, 2.05) is 23.6 Å². The molecule has 1 unspecified atom stereocenters. The number of anilines is 1. The Hall–Kier alpha value is -2.69. The number of benzene rings is 1. The van der Waals surface area contributed by atoms with E-state index >= 15 is 0 Å². The zero-order chi connectivity index (χ0) is 22.6. The van der Waals surface area contributed by atoms with Gasteiger partial charge in [-0.25, -0.2) is 0 Å². The zero-order valence-electron chi connectivity index (χ0n) is 18.0. The molecule has 2 aromatic heterocycles. The molecule has 1 atom stereocenters. The Balaban J connectivity index is 1.27. The third-order valence-corrected chi connectivity index (χ3v) is 7.39. The summed E-state index contributed by atoms with van der Waals surface area (Å²) < 4.78 is 7.88. The lowest BCUT2D eigenvalue weighted by molar-refractivity contribution is -0.113. The number of para-hydroxylation sites is 1. The van der Waals surface area contributed by atoms with Gasteiger partial charge < -0.3 is 15.4 Å². The van der Waals surface area contributed by atoms with E-state index in [9.17, 15) is 9.59 Å². The van der Waals surface area contributed by atoms with E-state index in [1.54, 1.807) is 29.5 Å². The Morgan fingerprint density at radius 1 is 1.15 bits per heavy atom. The van der Waals surface area contributed by atoms with Gasteiger partial charge >= 0.3 is 0 Å². The van der Waals surface area contributed by atoms with Gasteiger partial charge in [-0.3, -0.25) is 14.2 Å². The molecule has 2 aliphatic rings. The number of amides is 2. The second-order valence-electron chi connectivity index (χ2n) is 8.16. The summed E-state index contributed by atoms with van der Waals surface area (Å²) in [6.45, 7) is 1.44. The standard InChI is InChI=1S/C23H25N5O3S2/c29-20(25-18-7-2-1-6-17(18)22(30)24-15-9-10-15)14-33-23-27-26-21(19-8-4-12-32-19)28(23)13-16-5-3-11-31-16/h1-2,4,6-8,12,15-16H,3,5,9-11,13-14H2,(H,24,30)(H,25,29). The van der Waals surface area contributed by atoms with Crippen molar-refractivity contribution < 1.29 is 14.3 Å². The molecule has 5 rings (SSSR count). The Labute approximate surface area is 200 Å². The molecule has 2 fully saturated rings. The van der Waals surface area contributed by atoms with Crippen molar-refractivity contribution >= 4 is 40.6 Å². The number of nitrogens with zero attached hydrogens (tertiary/aromatic N) is 3. The van der Waals surface area contributed by atoms with Crippen LogP contribution in [0.1, 0.15) is 36.0 Å². The molecule has 3 aromatic rings. The molecule has 1 aliphatic heterocycles. The van der Waals surface area contributed by atoms with Gasteiger partial charge in [-0.05, 0) is 49.3 Å². The van der Waals surface area contributed by atoms with Crippen molar-refractivity contribution in [3.63, 3.8) is 0 Å². The van der Waals surface area contributed by atoms with Crippen molar-refractivity contribution in [1.29, 1.82) is 0 Å². The van der Waals surface area contributed by atoms with Gasteiger partial charge in [0.05, 0.1) is 34.5 Å². The quantitative estimate of drug-likeness (QED) is 0.449. The summed E-state index contributed by atoms with van der Waals surface area (Å²) in [5.41, 5.74) is 0.991. The van der Waals surface area contributed by atoms with E-state index in [4.69, 9.17) is 4.74 Å². The smallest absolute Gasteiger partial charge is 0.253 e. The number of thiophene rings is 1. The number of nitrogens with one attached hydrogen (secondary N) is 2. The molecule has 2 N–H and O–H groups in total. The van der Waals surface area contributed by atoms with Crippen LogP contribution < -0.4 is 10.6 Å². The van der Waals surface area contributed by atoms with Crippen LogP contribution >= 0.6 is 23.1 Å². The largest absolute Gasteiger partial charge is 0.376 e. The number of carbonyl (C=O) groups excluding carboxylic acids is 2. The molecule has 2 amide bonds. The van der Waals surface area contributed by atoms with Gasteiger partial charge in [0.25, 0.3) is 5.91 Å². The number of hydrogen-bond acceptors (Lipinski definition) is 7. The van der Waals surface area contributed by atoms with Gasteiger partial charge in [-0.1, -0.05) is 30.0 Å². The Morgan fingerprint density at radius 3 is 2.79 bits per heavy atom. The number of rotatable bonds is 9. The van der Waals surface area contributed by atoms with E-state index in [1.165, 1.54) is 11.8 Å². The second kappa shape index (κ2) is 10.1. The summed E-state index contributed by atoms with van der Waals surface area (Å²) in [6.07, 6.45) is 4.21. The first-order chi connectivity index (χ1) is 16.2. The molecule has 1 aliphatic carbocycles. The van der Waals surface area contributed by atoms with Crippen LogP contribution in [0.2, 0.25) is 0 Å². The van der Waals surface area contributed by atoms with E-state index in [-0.39, 0.29) is 29.7 Å². The van der Waals surface area contributed by atoms with Crippen LogP contribution in [-0.2, 0) is 16.1 Å². The predicted octanol–water partition coefficient (Wildman–Crippen LogP) is 3.81.